The Morgan fingerprint density at radius 1 is 1.24 bits per heavy atom. The Morgan fingerprint density at radius 3 is 2.76 bits per heavy atom. The minimum atomic E-state index is -0.0747. The monoisotopic (exact) mass is 302 g/mol. The molecule has 3 rings (SSSR count). The van der Waals surface area contributed by atoms with Crippen molar-refractivity contribution in [2.75, 3.05) is 23.8 Å². The molecule has 0 unspecified atom stereocenters. The van der Waals surface area contributed by atoms with Crippen molar-refractivity contribution in [3.8, 4) is 5.75 Å². The van der Waals surface area contributed by atoms with E-state index in [4.69, 9.17) is 22.1 Å². The average Bonchev–Trinajstić information content (AvgIpc) is 2.89. The van der Waals surface area contributed by atoms with E-state index in [1.54, 1.807) is 29.2 Å². The van der Waals surface area contributed by atoms with Gasteiger partial charge in [-0.15, -0.1) is 0 Å². The van der Waals surface area contributed by atoms with Gasteiger partial charge in [0.2, 0.25) is 0 Å². The molecule has 0 fully saturated rings. The zero-order chi connectivity index (χ0) is 14.8. The number of rotatable bonds is 3. The van der Waals surface area contributed by atoms with Crippen LogP contribution in [0.4, 0.5) is 11.4 Å². The molecule has 2 N–H and O–H groups in total. The first-order valence-electron chi connectivity index (χ1n) is 6.70. The minimum absolute atomic E-state index is 0.00410. The first-order valence-corrected chi connectivity index (χ1v) is 7.08. The van der Waals surface area contributed by atoms with Gasteiger partial charge in [0.15, 0.2) is 6.61 Å². The zero-order valence-electron chi connectivity index (χ0n) is 11.4. The molecular weight excluding hydrogens is 288 g/mol. The van der Waals surface area contributed by atoms with Gasteiger partial charge in [0.1, 0.15) is 5.75 Å². The SMILES string of the molecule is Nc1ccc2c(c1)N(C(=O)COc1ccc(Cl)cc1)CC2. The lowest BCUT2D eigenvalue weighted by Crippen LogP contribution is -2.33. The number of nitrogens with two attached hydrogens (primary N) is 1. The van der Waals surface area contributed by atoms with E-state index in [-0.39, 0.29) is 12.5 Å². The second-order valence-electron chi connectivity index (χ2n) is 4.93. The molecule has 1 heterocycles. The molecule has 2 aromatic rings. The van der Waals surface area contributed by atoms with Crippen molar-refractivity contribution < 1.29 is 9.53 Å². The van der Waals surface area contributed by atoms with Crippen molar-refractivity contribution in [1.29, 1.82) is 0 Å². The maximum absolute atomic E-state index is 12.3. The number of benzene rings is 2. The molecule has 108 valence electrons. The van der Waals surface area contributed by atoms with Crippen molar-refractivity contribution in [3.63, 3.8) is 0 Å². The van der Waals surface area contributed by atoms with Crippen LogP contribution >= 0.6 is 11.6 Å². The van der Waals surface area contributed by atoms with Gasteiger partial charge in [0, 0.05) is 22.9 Å². The Labute approximate surface area is 128 Å². The second-order valence-corrected chi connectivity index (χ2v) is 5.36. The van der Waals surface area contributed by atoms with Gasteiger partial charge in [-0.05, 0) is 48.4 Å². The third-order valence-electron chi connectivity index (χ3n) is 3.48. The van der Waals surface area contributed by atoms with Crippen LogP contribution < -0.4 is 15.4 Å². The van der Waals surface area contributed by atoms with Crippen LogP contribution in [0.2, 0.25) is 5.02 Å². The molecule has 1 aliphatic rings. The predicted molar refractivity (Wildman–Crippen MR) is 83.9 cm³/mol. The molecule has 1 amide bonds. The summed E-state index contributed by atoms with van der Waals surface area (Å²) in [5, 5.41) is 0.637. The minimum Gasteiger partial charge on any atom is -0.484 e. The lowest BCUT2D eigenvalue weighted by Gasteiger charge is -2.18. The van der Waals surface area contributed by atoms with E-state index in [9.17, 15) is 4.79 Å². The van der Waals surface area contributed by atoms with Gasteiger partial charge in [0.05, 0.1) is 0 Å². The molecule has 0 spiro atoms. The molecule has 0 saturated heterocycles. The van der Waals surface area contributed by atoms with Crippen LogP contribution in [0.5, 0.6) is 5.75 Å². The highest BCUT2D eigenvalue weighted by atomic mass is 35.5. The third-order valence-corrected chi connectivity index (χ3v) is 3.73. The maximum atomic E-state index is 12.3. The van der Waals surface area contributed by atoms with E-state index >= 15 is 0 Å². The molecule has 2 aromatic carbocycles. The summed E-state index contributed by atoms with van der Waals surface area (Å²) in [6.45, 7) is 0.664. The normalized spacial score (nSPS) is 13.1. The number of hydrogen-bond acceptors (Lipinski definition) is 3. The number of fused-ring (bicyclic) bond motifs is 1. The molecular formula is C16H15ClN2O2. The number of anilines is 2. The Bertz CT molecular complexity index is 670. The summed E-state index contributed by atoms with van der Waals surface area (Å²) in [4.78, 5) is 14.0. The van der Waals surface area contributed by atoms with Gasteiger partial charge in [-0.25, -0.2) is 0 Å². The van der Waals surface area contributed by atoms with E-state index in [0.717, 1.165) is 17.7 Å². The molecule has 4 nitrogen and oxygen atoms in total. The first kappa shape index (κ1) is 13.8. The maximum Gasteiger partial charge on any atom is 0.264 e. The molecule has 0 aromatic heterocycles. The Kier molecular flexibility index (Phi) is 3.71. The van der Waals surface area contributed by atoms with Crippen LogP contribution in [0.1, 0.15) is 5.56 Å². The molecule has 0 bridgehead atoms. The highest BCUT2D eigenvalue weighted by Gasteiger charge is 2.24. The summed E-state index contributed by atoms with van der Waals surface area (Å²) in [5.41, 5.74) is 8.48. The quantitative estimate of drug-likeness (QED) is 0.887. The number of hydrogen-bond donors (Lipinski definition) is 1. The smallest absolute Gasteiger partial charge is 0.264 e. The van der Waals surface area contributed by atoms with Gasteiger partial charge >= 0.3 is 0 Å². The summed E-state index contributed by atoms with van der Waals surface area (Å²) in [6.07, 6.45) is 0.850. The lowest BCUT2D eigenvalue weighted by atomic mass is 10.1. The summed E-state index contributed by atoms with van der Waals surface area (Å²) < 4.78 is 5.50. The van der Waals surface area contributed by atoms with Crippen LogP contribution in [-0.2, 0) is 11.2 Å². The molecule has 1 aliphatic heterocycles. The number of ether oxygens (including phenoxy) is 1. The van der Waals surface area contributed by atoms with Crippen LogP contribution in [0, 0.1) is 0 Å². The second kappa shape index (κ2) is 5.66. The molecule has 0 atom stereocenters. The topological polar surface area (TPSA) is 55.6 Å². The molecule has 0 saturated carbocycles. The van der Waals surface area contributed by atoms with E-state index in [1.165, 1.54) is 0 Å². The number of nitrogens with zero attached hydrogens (tertiary/aromatic N) is 1. The van der Waals surface area contributed by atoms with E-state index in [2.05, 4.69) is 0 Å². The van der Waals surface area contributed by atoms with Crippen molar-refractivity contribution in [2.24, 2.45) is 0 Å². The summed E-state index contributed by atoms with van der Waals surface area (Å²) in [7, 11) is 0. The summed E-state index contributed by atoms with van der Waals surface area (Å²) in [5.74, 6) is 0.550. The largest absolute Gasteiger partial charge is 0.484 e. The van der Waals surface area contributed by atoms with Crippen LogP contribution in [0.3, 0.4) is 0 Å². The fourth-order valence-electron chi connectivity index (χ4n) is 2.41. The van der Waals surface area contributed by atoms with Crippen molar-refractivity contribution in [2.45, 2.75) is 6.42 Å². The zero-order valence-corrected chi connectivity index (χ0v) is 12.1. The lowest BCUT2D eigenvalue weighted by molar-refractivity contribution is -0.120. The molecule has 0 radical (unpaired) electrons. The van der Waals surface area contributed by atoms with Crippen molar-refractivity contribution in [3.05, 3.63) is 53.1 Å². The fourth-order valence-corrected chi connectivity index (χ4v) is 2.54. The number of amides is 1. The Morgan fingerprint density at radius 2 is 2.00 bits per heavy atom. The highest BCUT2D eigenvalue weighted by molar-refractivity contribution is 6.30. The Balaban J connectivity index is 1.67. The van der Waals surface area contributed by atoms with Crippen molar-refractivity contribution >= 4 is 28.9 Å². The molecule has 0 aliphatic carbocycles. The number of nitrogen functional groups attached to an aromatic ring is 1. The average molecular weight is 303 g/mol. The van der Waals surface area contributed by atoms with Crippen LogP contribution in [0.15, 0.2) is 42.5 Å². The van der Waals surface area contributed by atoms with E-state index in [1.807, 2.05) is 18.2 Å². The van der Waals surface area contributed by atoms with Crippen molar-refractivity contribution in [1.82, 2.24) is 0 Å². The fraction of sp³-hybridized carbons (Fsp3) is 0.188. The number of halogens is 1. The number of carbonyl (C=O) groups excluding carboxylic acids is 1. The van der Waals surface area contributed by atoms with Gasteiger partial charge in [-0.1, -0.05) is 17.7 Å². The summed E-state index contributed by atoms with van der Waals surface area (Å²) >= 11 is 5.81. The van der Waals surface area contributed by atoms with E-state index in [0.29, 0.717) is 23.0 Å². The van der Waals surface area contributed by atoms with Gasteiger partial charge in [-0.3, -0.25) is 4.79 Å². The predicted octanol–water partition coefficient (Wildman–Crippen LogP) is 2.89. The highest BCUT2D eigenvalue weighted by Crippen LogP contribution is 2.30. The summed E-state index contributed by atoms with van der Waals surface area (Å²) in [6, 6.07) is 12.6. The molecule has 5 heteroatoms. The van der Waals surface area contributed by atoms with E-state index < -0.39 is 0 Å². The van der Waals surface area contributed by atoms with Gasteiger partial charge in [0.25, 0.3) is 5.91 Å². The number of carbonyl (C=O) groups is 1. The standard InChI is InChI=1S/C16H15ClN2O2/c17-12-2-5-14(6-3-12)21-10-16(20)19-8-7-11-1-4-13(18)9-15(11)19/h1-6,9H,7-8,10,18H2. The Hall–Kier alpha value is -2.20. The van der Waals surface area contributed by atoms with Gasteiger partial charge in [-0.2, -0.15) is 0 Å². The van der Waals surface area contributed by atoms with Crippen LogP contribution in [0.25, 0.3) is 0 Å². The van der Waals surface area contributed by atoms with Gasteiger partial charge < -0.3 is 15.4 Å². The third kappa shape index (κ3) is 2.95. The molecule has 21 heavy (non-hydrogen) atoms. The first-order chi connectivity index (χ1) is 10.1. The van der Waals surface area contributed by atoms with Crippen LogP contribution in [-0.4, -0.2) is 19.1 Å².